The molecule has 2 nitrogen and oxygen atoms in total. The number of nitrogen functional groups attached to an aromatic ring is 1. The number of aryl methyl sites for hydroxylation is 1. The van der Waals surface area contributed by atoms with Gasteiger partial charge in [0.1, 0.15) is 0 Å². The fourth-order valence-corrected chi connectivity index (χ4v) is 2.30. The van der Waals surface area contributed by atoms with E-state index in [1.165, 1.54) is 17.7 Å². The van der Waals surface area contributed by atoms with Crippen LogP contribution >= 0.6 is 0 Å². The lowest BCUT2D eigenvalue weighted by Crippen LogP contribution is -2.30. The number of fused-ring (bicyclic) bond motifs is 1. The number of hydrogen-bond acceptors (Lipinski definition) is 2. The first kappa shape index (κ1) is 10.9. The second kappa shape index (κ2) is 4.94. The van der Waals surface area contributed by atoms with Crippen LogP contribution in [-0.4, -0.2) is 13.1 Å². The molecule has 1 aromatic rings. The molecule has 0 aromatic heterocycles. The third-order valence-electron chi connectivity index (χ3n) is 3.07. The first-order valence-electron chi connectivity index (χ1n) is 5.88. The Balaban J connectivity index is 2.11. The van der Waals surface area contributed by atoms with Crippen LogP contribution in [0.15, 0.2) is 18.2 Å². The SMILES string of the molecule is C#CCCCN1CCCc2cc(N)ccc21. The van der Waals surface area contributed by atoms with Crippen molar-refractivity contribution in [1.29, 1.82) is 0 Å². The van der Waals surface area contributed by atoms with Crippen LogP contribution in [0.3, 0.4) is 0 Å². The van der Waals surface area contributed by atoms with E-state index in [0.717, 1.165) is 38.0 Å². The topological polar surface area (TPSA) is 29.3 Å². The predicted molar refractivity (Wildman–Crippen MR) is 69.5 cm³/mol. The van der Waals surface area contributed by atoms with E-state index in [0.29, 0.717) is 0 Å². The Morgan fingerprint density at radius 1 is 1.44 bits per heavy atom. The molecule has 16 heavy (non-hydrogen) atoms. The molecule has 1 heterocycles. The molecule has 0 spiro atoms. The molecule has 1 aromatic carbocycles. The smallest absolute Gasteiger partial charge is 0.0400 e. The first-order valence-corrected chi connectivity index (χ1v) is 5.88. The molecule has 2 rings (SSSR count). The van der Waals surface area contributed by atoms with Crippen molar-refractivity contribution in [1.82, 2.24) is 0 Å². The van der Waals surface area contributed by atoms with Crippen molar-refractivity contribution in [3.05, 3.63) is 23.8 Å². The summed E-state index contributed by atoms with van der Waals surface area (Å²) >= 11 is 0. The van der Waals surface area contributed by atoms with Gasteiger partial charge in [0.2, 0.25) is 0 Å². The summed E-state index contributed by atoms with van der Waals surface area (Å²) in [7, 11) is 0. The zero-order valence-electron chi connectivity index (χ0n) is 9.58. The molecule has 84 valence electrons. The molecule has 0 unspecified atom stereocenters. The molecule has 0 bridgehead atoms. The Morgan fingerprint density at radius 3 is 3.12 bits per heavy atom. The first-order chi connectivity index (χ1) is 7.81. The highest BCUT2D eigenvalue weighted by Gasteiger charge is 2.15. The van der Waals surface area contributed by atoms with Crippen LogP contribution in [0.5, 0.6) is 0 Å². The largest absolute Gasteiger partial charge is 0.399 e. The highest BCUT2D eigenvalue weighted by Crippen LogP contribution is 2.28. The summed E-state index contributed by atoms with van der Waals surface area (Å²) in [6.45, 7) is 2.20. The molecule has 0 saturated carbocycles. The van der Waals surface area contributed by atoms with Crippen molar-refractivity contribution in [2.45, 2.75) is 25.7 Å². The fourth-order valence-electron chi connectivity index (χ4n) is 2.30. The summed E-state index contributed by atoms with van der Waals surface area (Å²) in [4.78, 5) is 2.43. The number of hydrogen-bond donors (Lipinski definition) is 1. The molecule has 0 radical (unpaired) electrons. The van der Waals surface area contributed by atoms with E-state index in [1.807, 2.05) is 6.07 Å². The van der Waals surface area contributed by atoms with E-state index in [1.54, 1.807) is 0 Å². The molecule has 2 N–H and O–H groups in total. The predicted octanol–water partition coefficient (Wildman–Crippen LogP) is 2.43. The normalized spacial score (nSPS) is 14.3. The maximum atomic E-state index is 5.80. The van der Waals surface area contributed by atoms with Crippen LogP contribution in [0.2, 0.25) is 0 Å². The Morgan fingerprint density at radius 2 is 2.31 bits per heavy atom. The molecular formula is C14H18N2. The monoisotopic (exact) mass is 214 g/mol. The van der Waals surface area contributed by atoms with Gasteiger partial charge in [0.25, 0.3) is 0 Å². The van der Waals surface area contributed by atoms with Crippen molar-refractivity contribution in [2.75, 3.05) is 23.7 Å². The number of nitrogens with zero attached hydrogens (tertiary/aromatic N) is 1. The summed E-state index contributed by atoms with van der Waals surface area (Å²) in [6.07, 6.45) is 9.56. The van der Waals surface area contributed by atoms with Gasteiger partial charge < -0.3 is 10.6 Å². The Kier molecular flexibility index (Phi) is 3.36. The maximum Gasteiger partial charge on any atom is 0.0400 e. The van der Waals surface area contributed by atoms with Crippen molar-refractivity contribution < 1.29 is 0 Å². The second-order valence-corrected chi connectivity index (χ2v) is 4.29. The quantitative estimate of drug-likeness (QED) is 0.475. The lowest BCUT2D eigenvalue weighted by molar-refractivity contribution is 0.671. The number of anilines is 2. The number of nitrogens with two attached hydrogens (primary N) is 1. The minimum absolute atomic E-state index is 0.862. The average Bonchev–Trinajstić information content (AvgIpc) is 2.29. The average molecular weight is 214 g/mol. The number of unbranched alkanes of at least 4 members (excludes halogenated alkanes) is 1. The summed E-state index contributed by atoms with van der Waals surface area (Å²) in [6, 6.07) is 6.22. The van der Waals surface area contributed by atoms with Gasteiger partial charge in [-0.2, -0.15) is 0 Å². The van der Waals surface area contributed by atoms with Crippen molar-refractivity contribution in [2.24, 2.45) is 0 Å². The molecule has 1 aliphatic heterocycles. The van der Waals surface area contributed by atoms with E-state index < -0.39 is 0 Å². The Labute approximate surface area is 97.4 Å². The lowest BCUT2D eigenvalue weighted by atomic mass is 10.0. The van der Waals surface area contributed by atoms with Crippen LogP contribution in [0.25, 0.3) is 0 Å². The van der Waals surface area contributed by atoms with Crippen LogP contribution < -0.4 is 10.6 Å². The van der Waals surface area contributed by atoms with Gasteiger partial charge in [-0.1, -0.05) is 0 Å². The van der Waals surface area contributed by atoms with E-state index in [4.69, 9.17) is 12.2 Å². The molecule has 0 fully saturated rings. The van der Waals surface area contributed by atoms with Crippen LogP contribution in [0.1, 0.15) is 24.8 Å². The van der Waals surface area contributed by atoms with Crippen molar-refractivity contribution in [3.8, 4) is 12.3 Å². The van der Waals surface area contributed by atoms with Gasteiger partial charge in [-0.25, -0.2) is 0 Å². The minimum atomic E-state index is 0.862. The van der Waals surface area contributed by atoms with Crippen LogP contribution in [-0.2, 0) is 6.42 Å². The minimum Gasteiger partial charge on any atom is -0.399 e. The molecule has 2 heteroatoms. The van der Waals surface area contributed by atoms with Gasteiger partial charge in [-0.15, -0.1) is 12.3 Å². The number of benzene rings is 1. The van der Waals surface area contributed by atoms with Crippen LogP contribution in [0.4, 0.5) is 11.4 Å². The highest BCUT2D eigenvalue weighted by atomic mass is 15.1. The van der Waals surface area contributed by atoms with Crippen molar-refractivity contribution >= 4 is 11.4 Å². The third-order valence-corrected chi connectivity index (χ3v) is 3.07. The fraction of sp³-hybridized carbons (Fsp3) is 0.429. The molecular weight excluding hydrogens is 196 g/mol. The van der Waals surface area contributed by atoms with E-state index in [9.17, 15) is 0 Å². The Hall–Kier alpha value is -1.62. The zero-order chi connectivity index (χ0) is 11.4. The molecule has 0 amide bonds. The Bertz CT molecular complexity index is 404. The molecule has 0 atom stereocenters. The van der Waals surface area contributed by atoms with E-state index >= 15 is 0 Å². The van der Waals surface area contributed by atoms with Gasteiger partial charge in [0, 0.05) is 30.9 Å². The molecule has 0 aliphatic carbocycles. The van der Waals surface area contributed by atoms with Gasteiger partial charge in [-0.3, -0.25) is 0 Å². The van der Waals surface area contributed by atoms with Gasteiger partial charge in [-0.05, 0) is 43.0 Å². The lowest BCUT2D eigenvalue weighted by Gasteiger charge is -2.31. The van der Waals surface area contributed by atoms with E-state index in [2.05, 4.69) is 23.0 Å². The summed E-state index contributed by atoms with van der Waals surface area (Å²) in [5.74, 6) is 2.69. The van der Waals surface area contributed by atoms with E-state index in [-0.39, 0.29) is 0 Å². The summed E-state index contributed by atoms with van der Waals surface area (Å²) in [5.41, 5.74) is 9.40. The zero-order valence-corrected chi connectivity index (χ0v) is 9.58. The molecule has 0 saturated heterocycles. The second-order valence-electron chi connectivity index (χ2n) is 4.29. The summed E-state index contributed by atoms with van der Waals surface area (Å²) in [5, 5.41) is 0. The third kappa shape index (κ3) is 2.30. The summed E-state index contributed by atoms with van der Waals surface area (Å²) < 4.78 is 0. The number of rotatable bonds is 3. The van der Waals surface area contributed by atoms with Gasteiger partial charge in [0.05, 0.1) is 0 Å². The molecule has 1 aliphatic rings. The van der Waals surface area contributed by atoms with Crippen LogP contribution in [0, 0.1) is 12.3 Å². The van der Waals surface area contributed by atoms with Crippen molar-refractivity contribution in [3.63, 3.8) is 0 Å². The van der Waals surface area contributed by atoms with Gasteiger partial charge in [0.15, 0.2) is 0 Å². The van der Waals surface area contributed by atoms with Gasteiger partial charge >= 0.3 is 0 Å². The number of terminal acetylenes is 1. The maximum absolute atomic E-state index is 5.80. The highest BCUT2D eigenvalue weighted by molar-refractivity contribution is 5.61. The standard InChI is InChI=1S/C14H18N2/c1-2-3-4-9-16-10-5-6-12-11-13(15)7-8-14(12)16/h1,7-8,11H,3-6,9-10,15H2.